The fraction of sp³-hybridized carbons (Fsp3) is 0.588. The van der Waals surface area contributed by atoms with Crippen LogP contribution in [0, 0.1) is 5.92 Å². The lowest BCUT2D eigenvalue weighted by atomic mass is 10.0. The molecule has 116 valence electrons. The highest BCUT2D eigenvalue weighted by atomic mass is 16.4. The third kappa shape index (κ3) is 4.46. The van der Waals surface area contributed by atoms with Crippen molar-refractivity contribution in [1.29, 1.82) is 0 Å². The maximum Gasteiger partial charge on any atom is 0.407 e. The molecule has 0 bridgehead atoms. The third-order valence-electron chi connectivity index (χ3n) is 4.10. The van der Waals surface area contributed by atoms with Crippen LogP contribution in [-0.4, -0.2) is 46.2 Å². The first-order valence-corrected chi connectivity index (χ1v) is 7.63. The molecular weight excluding hydrogens is 264 g/mol. The molecule has 1 amide bonds. The number of carbonyl (C=O) groups is 1. The molecule has 1 saturated heterocycles. The first-order valence-electron chi connectivity index (χ1n) is 7.63. The van der Waals surface area contributed by atoms with Crippen LogP contribution in [0.1, 0.15) is 32.8 Å². The van der Waals surface area contributed by atoms with Gasteiger partial charge in [0.05, 0.1) is 0 Å². The predicted octanol–water partition coefficient (Wildman–Crippen LogP) is 3.29. The molecule has 1 N–H and O–H groups in total. The molecule has 1 aliphatic heterocycles. The average molecular weight is 290 g/mol. The first-order chi connectivity index (χ1) is 9.86. The number of rotatable bonds is 4. The van der Waals surface area contributed by atoms with E-state index in [2.05, 4.69) is 29.2 Å². The summed E-state index contributed by atoms with van der Waals surface area (Å²) in [7, 11) is 0. The summed E-state index contributed by atoms with van der Waals surface area (Å²) in [6.07, 6.45) is 0.260. The minimum Gasteiger partial charge on any atom is -0.465 e. The Balaban J connectivity index is 1.89. The number of benzene rings is 1. The van der Waals surface area contributed by atoms with Crippen molar-refractivity contribution in [2.45, 2.75) is 39.3 Å². The van der Waals surface area contributed by atoms with Crippen molar-refractivity contribution in [2.24, 2.45) is 5.92 Å². The van der Waals surface area contributed by atoms with Gasteiger partial charge in [0.2, 0.25) is 0 Å². The molecule has 2 rings (SSSR count). The Morgan fingerprint density at radius 1 is 1.33 bits per heavy atom. The SMILES string of the molecule is CC(C)(C)N(CC1CCN(Cc2ccccc2)C1)C(=O)O. The molecule has 1 heterocycles. The zero-order chi connectivity index (χ0) is 15.5. The summed E-state index contributed by atoms with van der Waals surface area (Å²) in [5, 5.41) is 9.38. The van der Waals surface area contributed by atoms with Gasteiger partial charge in [-0.25, -0.2) is 4.79 Å². The molecule has 0 aliphatic carbocycles. The molecule has 1 aromatic carbocycles. The van der Waals surface area contributed by atoms with E-state index in [-0.39, 0.29) is 5.54 Å². The van der Waals surface area contributed by atoms with Crippen molar-refractivity contribution in [3.05, 3.63) is 35.9 Å². The Kier molecular flexibility index (Phi) is 4.88. The topological polar surface area (TPSA) is 43.8 Å². The third-order valence-corrected chi connectivity index (χ3v) is 4.10. The van der Waals surface area contributed by atoms with Crippen LogP contribution < -0.4 is 0 Å². The van der Waals surface area contributed by atoms with E-state index >= 15 is 0 Å². The van der Waals surface area contributed by atoms with Crippen LogP contribution in [0.15, 0.2) is 30.3 Å². The van der Waals surface area contributed by atoms with Gasteiger partial charge in [0, 0.05) is 25.2 Å². The molecule has 1 aliphatic rings. The van der Waals surface area contributed by atoms with E-state index in [0.29, 0.717) is 12.5 Å². The monoisotopic (exact) mass is 290 g/mol. The summed E-state index contributed by atoms with van der Waals surface area (Å²) < 4.78 is 0. The van der Waals surface area contributed by atoms with Crippen molar-refractivity contribution in [3.8, 4) is 0 Å². The van der Waals surface area contributed by atoms with Gasteiger partial charge in [0.15, 0.2) is 0 Å². The van der Waals surface area contributed by atoms with Gasteiger partial charge >= 0.3 is 6.09 Å². The highest BCUT2D eigenvalue weighted by Gasteiger charge is 2.31. The van der Waals surface area contributed by atoms with Crippen LogP contribution in [0.25, 0.3) is 0 Å². The summed E-state index contributed by atoms with van der Waals surface area (Å²) in [5.41, 5.74) is 0.989. The Morgan fingerprint density at radius 3 is 2.57 bits per heavy atom. The van der Waals surface area contributed by atoms with E-state index in [1.54, 1.807) is 4.90 Å². The van der Waals surface area contributed by atoms with E-state index in [1.165, 1.54) is 5.56 Å². The minimum atomic E-state index is -0.816. The zero-order valence-electron chi connectivity index (χ0n) is 13.2. The normalized spacial score (nSPS) is 19.7. The number of carboxylic acid groups (broad SMARTS) is 1. The van der Waals surface area contributed by atoms with E-state index < -0.39 is 6.09 Å². The summed E-state index contributed by atoms with van der Waals surface area (Å²) in [5.74, 6) is 0.434. The molecule has 0 spiro atoms. The summed E-state index contributed by atoms with van der Waals surface area (Å²) in [6, 6.07) is 10.5. The predicted molar refractivity (Wildman–Crippen MR) is 84.3 cm³/mol. The van der Waals surface area contributed by atoms with Crippen LogP contribution in [0.4, 0.5) is 4.79 Å². The molecule has 4 heteroatoms. The molecule has 1 fully saturated rings. The second-order valence-corrected chi connectivity index (χ2v) is 6.94. The van der Waals surface area contributed by atoms with Gasteiger partial charge in [0.1, 0.15) is 0 Å². The van der Waals surface area contributed by atoms with Crippen molar-refractivity contribution >= 4 is 6.09 Å². The fourth-order valence-corrected chi connectivity index (χ4v) is 2.94. The Bertz CT molecular complexity index is 467. The van der Waals surface area contributed by atoms with Gasteiger partial charge in [-0.15, -0.1) is 0 Å². The van der Waals surface area contributed by atoms with E-state index in [9.17, 15) is 9.90 Å². The lowest BCUT2D eigenvalue weighted by molar-refractivity contribution is 0.0892. The Morgan fingerprint density at radius 2 is 2.00 bits per heavy atom. The maximum absolute atomic E-state index is 11.4. The fourth-order valence-electron chi connectivity index (χ4n) is 2.94. The highest BCUT2D eigenvalue weighted by Crippen LogP contribution is 2.23. The van der Waals surface area contributed by atoms with Gasteiger partial charge in [-0.3, -0.25) is 4.90 Å². The first kappa shape index (κ1) is 15.8. The van der Waals surface area contributed by atoms with Crippen molar-refractivity contribution in [2.75, 3.05) is 19.6 Å². The quantitative estimate of drug-likeness (QED) is 0.925. The second-order valence-electron chi connectivity index (χ2n) is 6.94. The van der Waals surface area contributed by atoms with Gasteiger partial charge in [-0.05, 0) is 45.2 Å². The van der Waals surface area contributed by atoms with Gasteiger partial charge < -0.3 is 10.0 Å². The largest absolute Gasteiger partial charge is 0.465 e. The van der Waals surface area contributed by atoms with Crippen LogP contribution in [0.5, 0.6) is 0 Å². The zero-order valence-corrected chi connectivity index (χ0v) is 13.2. The molecule has 21 heavy (non-hydrogen) atoms. The van der Waals surface area contributed by atoms with Gasteiger partial charge in [-0.1, -0.05) is 30.3 Å². The standard InChI is InChI=1S/C17H26N2O2/c1-17(2,3)19(16(20)21)13-15-9-10-18(12-15)11-14-7-5-4-6-8-14/h4-8,15H,9-13H2,1-3H3,(H,20,21). The Labute approximate surface area is 127 Å². The molecular formula is C17H26N2O2. The van der Waals surface area contributed by atoms with E-state index in [4.69, 9.17) is 0 Å². The van der Waals surface area contributed by atoms with Crippen molar-refractivity contribution < 1.29 is 9.90 Å². The van der Waals surface area contributed by atoms with Crippen molar-refractivity contribution in [1.82, 2.24) is 9.80 Å². The van der Waals surface area contributed by atoms with Crippen LogP contribution in [0.2, 0.25) is 0 Å². The van der Waals surface area contributed by atoms with Crippen molar-refractivity contribution in [3.63, 3.8) is 0 Å². The van der Waals surface area contributed by atoms with Crippen LogP contribution >= 0.6 is 0 Å². The lowest BCUT2D eigenvalue weighted by Gasteiger charge is -2.35. The van der Waals surface area contributed by atoms with E-state index in [0.717, 1.165) is 26.1 Å². The average Bonchev–Trinajstić information content (AvgIpc) is 2.83. The molecule has 0 saturated carbocycles. The smallest absolute Gasteiger partial charge is 0.407 e. The lowest BCUT2D eigenvalue weighted by Crippen LogP contribution is -2.47. The number of amides is 1. The van der Waals surface area contributed by atoms with E-state index in [1.807, 2.05) is 26.8 Å². The molecule has 1 atom stereocenters. The Hall–Kier alpha value is -1.55. The summed E-state index contributed by atoms with van der Waals surface area (Å²) in [4.78, 5) is 15.4. The highest BCUT2D eigenvalue weighted by molar-refractivity contribution is 5.66. The van der Waals surface area contributed by atoms with Gasteiger partial charge in [0.25, 0.3) is 0 Å². The number of hydrogen-bond acceptors (Lipinski definition) is 2. The number of hydrogen-bond donors (Lipinski definition) is 1. The molecule has 4 nitrogen and oxygen atoms in total. The van der Waals surface area contributed by atoms with Gasteiger partial charge in [-0.2, -0.15) is 0 Å². The number of likely N-dealkylation sites (tertiary alicyclic amines) is 1. The minimum absolute atomic E-state index is 0.335. The summed E-state index contributed by atoms with van der Waals surface area (Å²) in [6.45, 7) is 9.49. The number of nitrogens with zero attached hydrogens (tertiary/aromatic N) is 2. The maximum atomic E-state index is 11.4. The summed E-state index contributed by atoms with van der Waals surface area (Å²) >= 11 is 0. The molecule has 1 aromatic rings. The van der Waals surface area contributed by atoms with Crippen LogP contribution in [-0.2, 0) is 6.54 Å². The second kappa shape index (κ2) is 6.48. The molecule has 1 unspecified atom stereocenters. The van der Waals surface area contributed by atoms with Crippen LogP contribution in [0.3, 0.4) is 0 Å². The molecule has 0 aromatic heterocycles. The molecule has 0 radical (unpaired) electrons.